The maximum absolute atomic E-state index is 13.7. The lowest BCUT2D eigenvalue weighted by molar-refractivity contribution is -0.132. The highest BCUT2D eigenvalue weighted by atomic mass is 32.2. The topological polar surface area (TPSA) is 85.8 Å². The van der Waals surface area contributed by atoms with Crippen molar-refractivity contribution in [3.05, 3.63) is 65.4 Å². The van der Waals surface area contributed by atoms with Gasteiger partial charge in [-0.05, 0) is 67.8 Å². The van der Waals surface area contributed by atoms with Gasteiger partial charge < -0.3 is 14.7 Å². The first kappa shape index (κ1) is 24.5. The molecular weight excluding hydrogens is 501 g/mol. The smallest absolute Gasteiger partial charge is 0.263 e. The van der Waals surface area contributed by atoms with Crippen LogP contribution in [-0.4, -0.2) is 63.0 Å². The first-order valence-electron chi connectivity index (χ1n) is 11.9. The van der Waals surface area contributed by atoms with Gasteiger partial charge in [0.25, 0.3) is 10.0 Å². The lowest BCUT2D eigenvalue weighted by Crippen LogP contribution is -2.55. The minimum absolute atomic E-state index is 0.0709. The number of nitrogens with zero attached hydrogens (tertiary/aromatic N) is 4. The second-order valence-corrected chi connectivity index (χ2v) is 11.6. The first-order valence-corrected chi connectivity index (χ1v) is 14.3. The summed E-state index contributed by atoms with van der Waals surface area (Å²) in [4.78, 5) is 23.6. The van der Waals surface area contributed by atoms with Crippen LogP contribution in [0.5, 0.6) is 0 Å². The van der Waals surface area contributed by atoms with E-state index < -0.39 is 10.0 Å². The number of thiazole rings is 1. The molecule has 2 aliphatic rings. The number of sulfonamides is 1. The van der Waals surface area contributed by atoms with Gasteiger partial charge in [0.05, 0.1) is 4.90 Å². The van der Waals surface area contributed by atoms with E-state index >= 15 is 0 Å². The minimum atomic E-state index is -3.69. The zero-order valence-electron chi connectivity index (χ0n) is 19.9. The van der Waals surface area contributed by atoms with E-state index in [1.807, 2.05) is 11.8 Å². The largest absolute Gasteiger partial charge is 0.368 e. The van der Waals surface area contributed by atoms with Crippen molar-refractivity contribution in [2.24, 2.45) is 0 Å². The van der Waals surface area contributed by atoms with Gasteiger partial charge in [0.2, 0.25) is 5.91 Å². The highest BCUT2D eigenvalue weighted by Crippen LogP contribution is 2.30. The Morgan fingerprint density at radius 3 is 2.53 bits per heavy atom. The van der Waals surface area contributed by atoms with Crippen molar-refractivity contribution in [3.8, 4) is 0 Å². The number of piperazine rings is 1. The van der Waals surface area contributed by atoms with Gasteiger partial charge >= 0.3 is 0 Å². The van der Waals surface area contributed by atoms with Gasteiger partial charge in [0.15, 0.2) is 5.13 Å². The number of fused-ring (bicyclic) bond motifs is 1. The first-order chi connectivity index (χ1) is 17.3. The Hall–Kier alpha value is -3.18. The summed E-state index contributed by atoms with van der Waals surface area (Å²) in [5.41, 5.74) is 2.81. The van der Waals surface area contributed by atoms with Crippen molar-refractivity contribution in [1.29, 1.82) is 0 Å². The van der Waals surface area contributed by atoms with Crippen LogP contribution < -0.4 is 14.5 Å². The van der Waals surface area contributed by atoms with Gasteiger partial charge in [-0.1, -0.05) is 0 Å². The van der Waals surface area contributed by atoms with Crippen molar-refractivity contribution in [1.82, 2.24) is 9.88 Å². The number of aromatic nitrogens is 1. The van der Waals surface area contributed by atoms with Gasteiger partial charge in [-0.3, -0.25) is 9.52 Å². The summed E-state index contributed by atoms with van der Waals surface area (Å²) in [7, 11) is -3.69. The van der Waals surface area contributed by atoms with Crippen LogP contribution in [0.4, 0.5) is 20.9 Å². The molecule has 0 radical (unpaired) electrons. The van der Waals surface area contributed by atoms with Crippen LogP contribution in [0.15, 0.2) is 58.9 Å². The molecule has 0 saturated carbocycles. The molecule has 3 heterocycles. The molecule has 0 unspecified atom stereocenters. The van der Waals surface area contributed by atoms with Crippen LogP contribution in [0.3, 0.4) is 0 Å². The fourth-order valence-corrected chi connectivity index (χ4v) is 6.65. The number of benzene rings is 2. The van der Waals surface area contributed by atoms with Crippen molar-refractivity contribution >= 4 is 43.8 Å². The van der Waals surface area contributed by atoms with Crippen LogP contribution in [0.25, 0.3) is 0 Å². The second kappa shape index (κ2) is 10.1. The molecule has 2 aliphatic heterocycles. The van der Waals surface area contributed by atoms with E-state index in [1.165, 1.54) is 17.4 Å². The second-order valence-electron chi connectivity index (χ2n) is 8.99. The highest BCUT2D eigenvalue weighted by molar-refractivity contribution is 7.93. The lowest BCUT2D eigenvalue weighted by Gasteiger charge is -2.41. The van der Waals surface area contributed by atoms with Gasteiger partial charge in [0, 0.05) is 55.7 Å². The Labute approximate surface area is 214 Å². The summed E-state index contributed by atoms with van der Waals surface area (Å²) in [6.45, 7) is 5.18. The van der Waals surface area contributed by atoms with Crippen molar-refractivity contribution < 1.29 is 17.6 Å². The van der Waals surface area contributed by atoms with E-state index in [9.17, 15) is 17.6 Å². The van der Waals surface area contributed by atoms with Gasteiger partial charge in [-0.2, -0.15) is 0 Å². The van der Waals surface area contributed by atoms with Crippen LogP contribution >= 0.6 is 11.3 Å². The predicted molar refractivity (Wildman–Crippen MR) is 140 cm³/mol. The molecule has 1 saturated heterocycles. The van der Waals surface area contributed by atoms with Gasteiger partial charge in [-0.15, -0.1) is 11.3 Å². The molecule has 1 N–H and O–H groups in total. The van der Waals surface area contributed by atoms with Crippen molar-refractivity contribution in [3.63, 3.8) is 0 Å². The normalized spacial score (nSPS) is 17.0. The summed E-state index contributed by atoms with van der Waals surface area (Å²) < 4.78 is 41.3. The molecule has 3 aromatic rings. The SMILES string of the molecule is C[C@@H](C(=O)N1CCN(c2ccc(S(=O)(=O)Nc3nccs3)cc2)CC1)N1CCCc2cc(F)ccc21. The zero-order valence-corrected chi connectivity index (χ0v) is 21.6. The fourth-order valence-electron chi connectivity index (χ4n) is 4.86. The Kier molecular flexibility index (Phi) is 6.85. The number of carbonyl (C=O) groups is 1. The molecule has 2 aromatic carbocycles. The van der Waals surface area contributed by atoms with E-state index in [0.29, 0.717) is 31.3 Å². The quantitative estimate of drug-likeness (QED) is 0.526. The van der Waals surface area contributed by atoms with Crippen molar-refractivity contribution in [2.45, 2.75) is 30.7 Å². The summed E-state index contributed by atoms with van der Waals surface area (Å²) in [6, 6.07) is 11.2. The Morgan fingerprint density at radius 2 is 1.83 bits per heavy atom. The summed E-state index contributed by atoms with van der Waals surface area (Å²) in [5.74, 6) is -0.173. The number of carbonyl (C=O) groups excluding carboxylic acids is 1. The number of hydrogen-bond acceptors (Lipinski definition) is 7. The maximum atomic E-state index is 13.7. The predicted octanol–water partition coefficient (Wildman–Crippen LogP) is 3.57. The minimum Gasteiger partial charge on any atom is -0.368 e. The molecule has 0 aliphatic carbocycles. The highest BCUT2D eigenvalue weighted by Gasteiger charge is 2.31. The van der Waals surface area contributed by atoms with E-state index in [4.69, 9.17) is 0 Å². The fraction of sp³-hybridized carbons (Fsp3) is 0.360. The van der Waals surface area contributed by atoms with Crippen LogP contribution in [0.1, 0.15) is 18.9 Å². The monoisotopic (exact) mass is 529 g/mol. The Morgan fingerprint density at radius 1 is 1.08 bits per heavy atom. The van der Waals surface area contributed by atoms with Crippen LogP contribution in [0, 0.1) is 5.82 Å². The summed E-state index contributed by atoms with van der Waals surface area (Å²) in [5, 5.41) is 2.04. The number of aryl methyl sites for hydroxylation is 1. The molecular formula is C25H28FN5O3S2. The summed E-state index contributed by atoms with van der Waals surface area (Å²) >= 11 is 1.22. The average Bonchev–Trinajstić information content (AvgIpc) is 3.40. The summed E-state index contributed by atoms with van der Waals surface area (Å²) in [6.07, 6.45) is 3.26. The average molecular weight is 530 g/mol. The number of anilines is 3. The van der Waals surface area contributed by atoms with Gasteiger partial charge in [0.1, 0.15) is 11.9 Å². The molecule has 36 heavy (non-hydrogen) atoms. The molecule has 0 spiro atoms. The number of amides is 1. The molecule has 1 fully saturated rings. The molecule has 0 bridgehead atoms. The van der Waals surface area contributed by atoms with E-state index in [1.54, 1.807) is 48.0 Å². The number of rotatable bonds is 6. The van der Waals surface area contributed by atoms with E-state index in [2.05, 4.69) is 19.5 Å². The molecule has 1 amide bonds. The van der Waals surface area contributed by atoms with Crippen LogP contribution in [0.2, 0.25) is 0 Å². The van der Waals surface area contributed by atoms with E-state index in [-0.39, 0.29) is 22.7 Å². The molecule has 1 aromatic heterocycles. The standard InChI is InChI=1S/C25H28FN5O3S2/c1-18(31-11-2-3-19-17-20(26)4-9-23(19)31)24(32)30-14-12-29(13-15-30)21-5-7-22(8-6-21)36(33,34)28-25-27-10-16-35-25/h4-10,16-18H,2-3,11-15H2,1H3,(H,27,28)/t18-/m0/s1. The number of hydrogen-bond donors (Lipinski definition) is 1. The number of nitrogens with one attached hydrogen (secondary N) is 1. The van der Waals surface area contributed by atoms with Crippen molar-refractivity contribution in [2.75, 3.05) is 47.2 Å². The van der Waals surface area contributed by atoms with Crippen LogP contribution in [-0.2, 0) is 21.2 Å². The van der Waals surface area contributed by atoms with E-state index in [0.717, 1.165) is 36.3 Å². The molecule has 190 valence electrons. The molecule has 8 nitrogen and oxygen atoms in total. The lowest BCUT2D eigenvalue weighted by atomic mass is 9.99. The zero-order chi connectivity index (χ0) is 25.3. The third-order valence-corrected chi connectivity index (χ3v) is 8.95. The van der Waals surface area contributed by atoms with Gasteiger partial charge in [-0.25, -0.2) is 17.8 Å². The Balaban J connectivity index is 1.20. The third-order valence-electron chi connectivity index (χ3n) is 6.78. The molecule has 1 atom stereocenters. The third kappa shape index (κ3) is 5.03. The maximum Gasteiger partial charge on any atom is 0.263 e. The Bertz CT molecular complexity index is 1320. The molecule has 5 rings (SSSR count). The number of halogens is 1. The molecule has 11 heteroatoms.